The number of aromatic nitrogens is 1. The third kappa shape index (κ3) is 5.30. The van der Waals surface area contributed by atoms with Crippen molar-refractivity contribution in [3.05, 3.63) is 59.1 Å². The van der Waals surface area contributed by atoms with Crippen molar-refractivity contribution in [2.75, 3.05) is 18.5 Å². The summed E-state index contributed by atoms with van der Waals surface area (Å²) in [5, 5.41) is 27.6. The first-order valence-electron chi connectivity index (χ1n) is 12.8. The lowest BCUT2D eigenvalue weighted by Crippen LogP contribution is -2.57. The van der Waals surface area contributed by atoms with Gasteiger partial charge in [-0.15, -0.1) is 11.3 Å². The van der Waals surface area contributed by atoms with Crippen LogP contribution in [-0.2, 0) is 16.0 Å². The summed E-state index contributed by atoms with van der Waals surface area (Å²) < 4.78 is 5.05. The zero-order chi connectivity index (χ0) is 26.8. The summed E-state index contributed by atoms with van der Waals surface area (Å²) in [4.78, 5) is 31.3. The molecular weight excluding hydrogens is 490 g/mol. The van der Waals surface area contributed by atoms with Crippen LogP contribution in [-0.4, -0.2) is 46.5 Å². The first kappa shape index (κ1) is 27.3. The van der Waals surface area contributed by atoms with Crippen LogP contribution in [0, 0.1) is 16.7 Å². The van der Waals surface area contributed by atoms with E-state index in [1.807, 2.05) is 44.2 Å². The third-order valence-corrected chi connectivity index (χ3v) is 9.51. The summed E-state index contributed by atoms with van der Waals surface area (Å²) in [6.07, 6.45) is 2.32. The smallest absolute Gasteiger partial charge is 0.413 e. The average Bonchev–Trinajstić information content (AvgIpc) is 3.28. The molecule has 6 atom stereocenters. The number of fused-ring (bicyclic) bond motifs is 2. The van der Waals surface area contributed by atoms with Crippen LogP contribution in [0.5, 0.6) is 0 Å². The molecule has 200 valence electrons. The number of carbonyl (C=O) groups excluding carboxylic acids is 2. The van der Waals surface area contributed by atoms with Crippen LogP contribution >= 0.6 is 11.3 Å². The molecule has 1 aromatic carbocycles. The van der Waals surface area contributed by atoms with Gasteiger partial charge >= 0.3 is 6.09 Å². The first-order chi connectivity index (χ1) is 17.6. The van der Waals surface area contributed by atoms with E-state index < -0.39 is 17.6 Å². The summed E-state index contributed by atoms with van der Waals surface area (Å²) >= 11 is 1.36. The quantitative estimate of drug-likeness (QED) is 0.374. The highest BCUT2D eigenvalue weighted by atomic mass is 32.1. The van der Waals surface area contributed by atoms with Gasteiger partial charge in [0.15, 0.2) is 5.13 Å². The number of hydrogen-bond donors (Lipinski definition) is 4. The Kier molecular flexibility index (Phi) is 8.06. The highest BCUT2D eigenvalue weighted by molar-refractivity contribution is 7.15. The fourth-order valence-electron chi connectivity index (χ4n) is 6.27. The monoisotopic (exact) mass is 527 g/mol. The third-order valence-electron chi connectivity index (χ3n) is 8.50. The molecule has 1 fully saturated rings. The lowest BCUT2D eigenvalue weighted by Gasteiger charge is -2.58. The Balaban J connectivity index is 1.65. The van der Waals surface area contributed by atoms with Crippen molar-refractivity contribution in [2.45, 2.75) is 64.5 Å². The standard InChI is InChI=1S/C28H37N3O5S/c1-5-13-36-26(35)31-25-30-24-19(14-23(34)29-17(2)18-9-7-6-8-10-18)27(3)12-11-22(33)28(4,16-32)21(27)15-20(24)37-25/h5-10,17,19,21-22,32-33H,1,11-16H2,2-4H3,(H,29,34)(H,30,31,35). The fourth-order valence-corrected chi connectivity index (χ4v) is 7.32. The number of hydrogen-bond acceptors (Lipinski definition) is 7. The molecule has 6 unspecified atom stereocenters. The maximum absolute atomic E-state index is 13.4. The summed E-state index contributed by atoms with van der Waals surface area (Å²) in [6, 6.07) is 9.66. The molecule has 0 aliphatic heterocycles. The number of nitrogens with zero attached hydrogens (tertiary/aromatic N) is 1. The Hall–Kier alpha value is -2.75. The molecule has 4 N–H and O–H groups in total. The van der Waals surface area contributed by atoms with Gasteiger partial charge in [0.1, 0.15) is 6.61 Å². The van der Waals surface area contributed by atoms with Crippen molar-refractivity contribution in [1.29, 1.82) is 0 Å². The topological polar surface area (TPSA) is 121 Å². The van der Waals surface area contributed by atoms with Crippen LogP contribution in [0.2, 0.25) is 0 Å². The Bertz CT molecular complexity index is 1140. The molecule has 0 radical (unpaired) electrons. The van der Waals surface area contributed by atoms with E-state index in [1.165, 1.54) is 17.4 Å². The number of nitrogens with one attached hydrogen (secondary N) is 2. The van der Waals surface area contributed by atoms with E-state index >= 15 is 0 Å². The molecule has 1 aromatic heterocycles. The largest absolute Gasteiger partial charge is 0.445 e. The average molecular weight is 528 g/mol. The normalized spacial score (nSPS) is 29.4. The summed E-state index contributed by atoms with van der Waals surface area (Å²) in [5.41, 5.74) is 0.751. The molecule has 9 heteroatoms. The predicted molar refractivity (Wildman–Crippen MR) is 143 cm³/mol. The summed E-state index contributed by atoms with van der Waals surface area (Å²) in [7, 11) is 0. The number of anilines is 1. The molecule has 37 heavy (non-hydrogen) atoms. The molecule has 1 saturated carbocycles. The van der Waals surface area contributed by atoms with Gasteiger partial charge in [0.2, 0.25) is 5.91 Å². The molecule has 2 amide bonds. The van der Waals surface area contributed by atoms with E-state index in [4.69, 9.17) is 9.72 Å². The minimum Gasteiger partial charge on any atom is -0.445 e. The summed E-state index contributed by atoms with van der Waals surface area (Å²) in [6.45, 7) is 9.55. The second-order valence-corrected chi connectivity index (χ2v) is 11.9. The van der Waals surface area contributed by atoms with Gasteiger partial charge in [-0.25, -0.2) is 9.78 Å². The van der Waals surface area contributed by atoms with Crippen molar-refractivity contribution < 1.29 is 24.5 Å². The van der Waals surface area contributed by atoms with E-state index in [9.17, 15) is 19.8 Å². The molecule has 4 rings (SSSR count). The highest BCUT2D eigenvalue weighted by Gasteiger charge is 2.59. The molecule has 2 aliphatic rings. The van der Waals surface area contributed by atoms with Crippen LogP contribution in [0.15, 0.2) is 43.0 Å². The van der Waals surface area contributed by atoms with E-state index in [0.717, 1.165) is 16.1 Å². The highest BCUT2D eigenvalue weighted by Crippen LogP contribution is 2.62. The van der Waals surface area contributed by atoms with Crippen LogP contribution in [0.4, 0.5) is 9.93 Å². The van der Waals surface area contributed by atoms with Crippen LogP contribution < -0.4 is 10.6 Å². The van der Waals surface area contributed by atoms with Gasteiger partial charge in [0.05, 0.1) is 24.4 Å². The van der Waals surface area contributed by atoms with Crippen LogP contribution in [0.25, 0.3) is 0 Å². The lowest BCUT2D eigenvalue weighted by molar-refractivity contribution is -0.144. The molecule has 1 heterocycles. The summed E-state index contributed by atoms with van der Waals surface area (Å²) in [5.74, 6) is -0.385. The molecule has 0 saturated heterocycles. The fraction of sp³-hybridized carbons (Fsp3) is 0.536. The Morgan fingerprint density at radius 2 is 2.05 bits per heavy atom. The van der Waals surface area contributed by atoms with Crippen molar-refractivity contribution in [2.24, 2.45) is 16.7 Å². The first-order valence-corrected chi connectivity index (χ1v) is 13.6. The zero-order valence-corrected chi connectivity index (χ0v) is 22.5. The van der Waals surface area contributed by atoms with Gasteiger partial charge in [0.25, 0.3) is 0 Å². The number of amides is 2. The Labute approximate surface area is 222 Å². The number of aliphatic hydroxyl groups is 2. The van der Waals surface area contributed by atoms with E-state index in [0.29, 0.717) is 24.4 Å². The van der Waals surface area contributed by atoms with Crippen molar-refractivity contribution in [3.8, 4) is 0 Å². The molecular formula is C28H37N3O5S. The molecule has 8 nitrogen and oxygen atoms in total. The van der Waals surface area contributed by atoms with Gasteiger partial charge in [0, 0.05) is 22.6 Å². The Morgan fingerprint density at radius 1 is 1.32 bits per heavy atom. The minimum absolute atomic E-state index is 0.0633. The van der Waals surface area contributed by atoms with Crippen LogP contribution in [0.1, 0.15) is 68.1 Å². The number of thiazole rings is 1. The number of benzene rings is 1. The van der Waals surface area contributed by atoms with Gasteiger partial charge in [-0.3, -0.25) is 10.1 Å². The number of rotatable bonds is 8. The maximum Gasteiger partial charge on any atom is 0.413 e. The van der Waals surface area contributed by atoms with Gasteiger partial charge in [-0.1, -0.05) is 56.8 Å². The van der Waals surface area contributed by atoms with Gasteiger partial charge < -0.3 is 20.3 Å². The Morgan fingerprint density at radius 3 is 2.73 bits per heavy atom. The van der Waals surface area contributed by atoms with Gasteiger partial charge in [-0.2, -0.15) is 0 Å². The molecule has 2 aromatic rings. The molecule has 0 spiro atoms. The molecule has 2 aliphatic carbocycles. The minimum atomic E-state index is -0.711. The SMILES string of the molecule is C=CCOC(=O)Nc1nc2c(s1)CC1C(C)(CO)C(O)CCC1(C)C2CC(=O)NC(C)c1ccccc1. The maximum atomic E-state index is 13.4. The number of ether oxygens (including phenoxy) is 1. The van der Waals surface area contributed by atoms with Crippen molar-refractivity contribution in [1.82, 2.24) is 10.3 Å². The van der Waals surface area contributed by atoms with E-state index in [2.05, 4.69) is 24.1 Å². The van der Waals surface area contributed by atoms with E-state index in [-0.39, 0.29) is 48.8 Å². The molecule has 0 bridgehead atoms. The number of aliphatic hydroxyl groups excluding tert-OH is 2. The zero-order valence-electron chi connectivity index (χ0n) is 21.7. The van der Waals surface area contributed by atoms with Crippen LogP contribution in [0.3, 0.4) is 0 Å². The van der Waals surface area contributed by atoms with Gasteiger partial charge in [-0.05, 0) is 43.1 Å². The van der Waals surface area contributed by atoms with Crippen molar-refractivity contribution in [3.63, 3.8) is 0 Å². The lowest BCUT2D eigenvalue weighted by atomic mass is 9.47. The van der Waals surface area contributed by atoms with E-state index in [1.54, 1.807) is 0 Å². The van der Waals surface area contributed by atoms with Crippen molar-refractivity contribution >= 4 is 28.5 Å². The predicted octanol–water partition coefficient (Wildman–Crippen LogP) is 4.56. The number of carbonyl (C=O) groups is 2. The second kappa shape index (κ2) is 10.9. The second-order valence-electron chi connectivity index (χ2n) is 10.8.